The smallest absolute Gasteiger partial charge is 0.228 e. The van der Waals surface area contributed by atoms with Crippen molar-refractivity contribution in [3.05, 3.63) is 35.4 Å². The van der Waals surface area contributed by atoms with E-state index in [4.69, 9.17) is 5.26 Å². The molecule has 2 atom stereocenters. The van der Waals surface area contributed by atoms with E-state index >= 15 is 0 Å². The largest absolute Gasteiger partial charge is 0.340 e. The van der Waals surface area contributed by atoms with Crippen molar-refractivity contribution in [3.8, 4) is 6.07 Å². The lowest BCUT2D eigenvalue weighted by Crippen LogP contribution is -2.41. The number of nitrogens with one attached hydrogen (secondary N) is 1. The van der Waals surface area contributed by atoms with E-state index in [1.165, 1.54) is 5.56 Å². The van der Waals surface area contributed by atoms with Gasteiger partial charge in [-0.3, -0.25) is 4.79 Å². The number of hydrogen-bond acceptors (Lipinski definition) is 2. The van der Waals surface area contributed by atoms with E-state index < -0.39 is 0 Å². The van der Waals surface area contributed by atoms with Crippen LogP contribution in [0.5, 0.6) is 0 Å². The number of hydrogen-bond donors (Lipinski definition) is 1. The van der Waals surface area contributed by atoms with Gasteiger partial charge in [0.25, 0.3) is 0 Å². The molecule has 0 heterocycles. The number of rotatable bonds is 3. The zero-order valence-electron chi connectivity index (χ0n) is 9.52. The number of benzene rings is 1. The van der Waals surface area contributed by atoms with Crippen molar-refractivity contribution >= 4 is 5.91 Å². The van der Waals surface area contributed by atoms with Crippen molar-refractivity contribution < 1.29 is 4.79 Å². The number of nitrogens with zero attached hydrogens (tertiary/aromatic N) is 1. The lowest BCUT2D eigenvalue weighted by atomic mass is 9.77. The third kappa shape index (κ3) is 1.80. The summed E-state index contributed by atoms with van der Waals surface area (Å²) in [6.45, 7) is 0. The molecule has 2 aliphatic carbocycles. The predicted molar refractivity (Wildman–Crippen MR) is 63.2 cm³/mol. The van der Waals surface area contributed by atoms with E-state index in [0.717, 1.165) is 24.8 Å². The summed E-state index contributed by atoms with van der Waals surface area (Å²) in [5.41, 5.74) is 2.38. The molecule has 3 heteroatoms. The lowest BCUT2D eigenvalue weighted by molar-refractivity contribution is -0.123. The van der Waals surface area contributed by atoms with Gasteiger partial charge in [-0.05, 0) is 36.3 Å². The molecule has 2 aliphatic rings. The van der Waals surface area contributed by atoms with E-state index in [1.807, 2.05) is 18.2 Å². The van der Waals surface area contributed by atoms with Crippen LogP contribution in [0.2, 0.25) is 0 Å². The molecule has 0 aromatic heterocycles. The molecule has 1 N–H and O–H groups in total. The van der Waals surface area contributed by atoms with Crippen LogP contribution in [-0.4, -0.2) is 11.9 Å². The van der Waals surface area contributed by atoms with E-state index in [-0.39, 0.29) is 17.9 Å². The Morgan fingerprint density at radius 1 is 1.41 bits per heavy atom. The van der Waals surface area contributed by atoms with Gasteiger partial charge in [0.05, 0.1) is 12.0 Å². The first-order valence-electron chi connectivity index (χ1n) is 6.07. The molecule has 17 heavy (non-hydrogen) atoms. The summed E-state index contributed by atoms with van der Waals surface area (Å²) in [5, 5.41) is 11.9. The van der Waals surface area contributed by atoms with Crippen molar-refractivity contribution in [1.82, 2.24) is 5.32 Å². The van der Waals surface area contributed by atoms with Gasteiger partial charge in [-0.15, -0.1) is 0 Å². The van der Waals surface area contributed by atoms with Crippen molar-refractivity contribution in [3.63, 3.8) is 0 Å². The van der Waals surface area contributed by atoms with Gasteiger partial charge in [-0.2, -0.15) is 5.26 Å². The van der Waals surface area contributed by atoms with Crippen LogP contribution in [0.4, 0.5) is 0 Å². The highest BCUT2D eigenvalue weighted by atomic mass is 16.2. The molecule has 1 aromatic rings. The minimum atomic E-state index is -0.282. The first-order valence-corrected chi connectivity index (χ1v) is 6.07. The Balaban J connectivity index is 1.67. The van der Waals surface area contributed by atoms with Gasteiger partial charge in [-0.25, -0.2) is 0 Å². The summed E-state index contributed by atoms with van der Waals surface area (Å²) in [5.74, 6) is 0.363. The molecule has 1 saturated carbocycles. The average molecular weight is 226 g/mol. The Bertz CT molecular complexity index is 499. The van der Waals surface area contributed by atoms with Crippen LogP contribution in [0.1, 0.15) is 29.9 Å². The molecule has 1 amide bonds. The molecule has 0 aliphatic heterocycles. The van der Waals surface area contributed by atoms with Crippen molar-refractivity contribution in [2.75, 3.05) is 0 Å². The van der Waals surface area contributed by atoms with Crippen molar-refractivity contribution in [2.45, 2.75) is 31.2 Å². The predicted octanol–water partition coefficient (Wildman–Crippen LogP) is 1.74. The topological polar surface area (TPSA) is 52.9 Å². The van der Waals surface area contributed by atoms with Crippen LogP contribution in [-0.2, 0) is 11.2 Å². The van der Waals surface area contributed by atoms with Gasteiger partial charge < -0.3 is 5.32 Å². The minimum absolute atomic E-state index is 0.0159. The maximum atomic E-state index is 12.0. The number of carbonyl (C=O) groups excluding carboxylic acids is 1. The minimum Gasteiger partial charge on any atom is -0.340 e. The van der Waals surface area contributed by atoms with Crippen molar-refractivity contribution in [2.24, 2.45) is 5.92 Å². The molecule has 3 nitrogen and oxygen atoms in total. The molecule has 3 rings (SSSR count). The standard InChI is InChI=1S/C14H14N2O/c15-8-13(9-5-6-9)16-14(17)12-7-10-3-1-2-4-11(10)12/h1-4,9,12-13H,5-7H2,(H,16,17). The summed E-state index contributed by atoms with van der Waals surface area (Å²) in [6.07, 6.45) is 2.95. The fourth-order valence-electron chi connectivity index (χ4n) is 2.43. The second kappa shape index (κ2) is 3.89. The fourth-order valence-corrected chi connectivity index (χ4v) is 2.43. The quantitative estimate of drug-likeness (QED) is 0.853. The van der Waals surface area contributed by atoms with Gasteiger partial charge in [0.1, 0.15) is 6.04 Å². The van der Waals surface area contributed by atoms with Gasteiger partial charge in [-0.1, -0.05) is 24.3 Å². The maximum absolute atomic E-state index is 12.0. The van der Waals surface area contributed by atoms with Gasteiger partial charge in [0.2, 0.25) is 5.91 Å². The molecule has 2 unspecified atom stereocenters. The molecule has 1 aromatic carbocycles. The maximum Gasteiger partial charge on any atom is 0.228 e. The fraction of sp³-hybridized carbons (Fsp3) is 0.429. The van der Waals surface area contributed by atoms with Crippen molar-refractivity contribution in [1.29, 1.82) is 5.26 Å². The molecule has 0 radical (unpaired) electrons. The highest BCUT2D eigenvalue weighted by Gasteiger charge is 2.37. The highest BCUT2D eigenvalue weighted by Crippen LogP contribution is 2.36. The molecule has 1 fully saturated rings. The molecular weight excluding hydrogens is 212 g/mol. The Hall–Kier alpha value is -1.82. The Morgan fingerprint density at radius 3 is 2.82 bits per heavy atom. The highest BCUT2D eigenvalue weighted by molar-refractivity contribution is 5.87. The normalized spacial score (nSPS) is 22.9. The van der Waals surface area contributed by atoms with E-state index in [9.17, 15) is 4.79 Å². The summed E-state index contributed by atoms with van der Waals surface area (Å²) >= 11 is 0. The average Bonchev–Trinajstić information content (AvgIpc) is 3.11. The summed E-state index contributed by atoms with van der Waals surface area (Å²) in [6, 6.07) is 9.92. The molecule has 0 saturated heterocycles. The van der Waals surface area contributed by atoms with Crippen LogP contribution in [0.15, 0.2) is 24.3 Å². The second-order valence-corrected chi connectivity index (χ2v) is 4.91. The number of nitriles is 1. The van der Waals surface area contributed by atoms with Crippen LogP contribution in [0, 0.1) is 17.2 Å². The SMILES string of the molecule is N#CC(NC(=O)C1Cc2ccccc21)C1CC1. The second-order valence-electron chi connectivity index (χ2n) is 4.91. The van der Waals surface area contributed by atoms with E-state index in [1.54, 1.807) is 0 Å². The Labute approximate surface area is 100 Å². The van der Waals surface area contributed by atoms with Crippen LogP contribution >= 0.6 is 0 Å². The van der Waals surface area contributed by atoms with Crippen LogP contribution in [0.25, 0.3) is 0 Å². The van der Waals surface area contributed by atoms with Crippen LogP contribution < -0.4 is 5.32 Å². The molecular formula is C14H14N2O. The number of carbonyl (C=O) groups is 1. The van der Waals surface area contributed by atoms with E-state index in [0.29, 0.717) is 5.92 Å². The summed E-state index contributed by atoms with van der Waals surface area (Å²) < 4.78 is 0. The zero-order valence-corrected chi connectivity index (χ0v) is 9.52. The van der Waals surface area contributed by atoms with Crippen LogP contribution in [0.3, 0.4) is 0 Å². The van der Waals surface area contributed by atoms with Gasteiger partial charge >= 0.3 is 0 Å². The Morgan fingerprint density at radius 2 is 2.18 bits per heavy atom. The summed E-state index contributed by atoms with van der Waals surface area (Å²) in [7, 11) is 0. The first-order chi connectivity index (χ1) is 8.29. The zero-order chi connectivity index (χ0) is 11.8. The third-order valence-electron chi connectivity index (χ3n) is 3.70. The molecule has 0 spiro atoms. The van der Waals surface area contributed by atoms with Gasteiger partial charge in [0.15, 0.2) is 0 Å². The molecule has 0 bridgehead atoms. The Kier molecular flexibility index (Phi) is 2.36. The van der Waals surface area contributed by atoms with Gasteiger partial charge in [0, 0.05) is 0 Å². The monoisotopic (exact) mass is 226 g/mol. The summed E-state index contributed by atoms with van der Waals surface area (Å²) in [4.78, 5) is 12.0. The number of amides is 1. The lowest BCUT2D eigenvalue weighted by Gasteiger charge is -2.29. The first kappa shape index (κ1) is 10.3. The third-order valence-corrected chi connectivity index (χ3v) is 3.70. The molecule has 86 valence electrons. The van der Waals surface area contributed by atoms with E-state index in [2.05, 4.69) is 17.5 Å². The number of fused-ring (bicyclic) bond motifs is 1.